The summed E-state index contributed by atoms with van der Waals surface area (Å²) in [7, 11) is 0. The Labute approximate surface area is 126 Å². The average molecular weight is 282 g/mol. The number of anilines is 2. The van der Waals surface area contributed by atoms with Gasteiger partial charge in [0.1, 0.15) is 0 Å². The second-order valence-corrected chi connectivity index (χ2v) is 5.28. The van der Waals surface area contributed by atoms with E-state index in [4.69, 9.17) is 0 Å². The molecule has 0 aliphatic heterocycles. The van der Waals surface area contributed by atoms with Crippen molar-refractivity contribution in [2.75, 3.05) is 17.2 Å². The lowest BCUT2D eigenvalue weighted by Crippen LogP contribution is -2.15. The van der Waals surface area contributed by atoms with Gasteiger partial charge < -0.3 is 10.6 Å². The summed E-state index contributed by atoms with van der Waals surface area (Å²) in [5.74, 6) is -0.0621. The zero-order valence-electron chi connectivity index (χ0n) is 13.1. The number of para-hydroxylation sites is 1. The molecule has 0 fully saturated rings. The number of aryl methyl sites for hydroxylation is 3. The first-order chi connectivity index (χ1) is 10.0. The van der Waals surface area contributed by atoms with E-state index in [2.05, 4.69) is 17.6 Å². The van der Waals surface area contributed by atoms with Crippen molar-refractivity contribution in [2.45, 2.75) is 27.7 Å². The van der Waals surface area contributed by atoms with Crippen LogP contribution in [0.25, 0.3) is 0 Å². The van der Waals surface area contributed by atoms with Crippen molar-refractivity contribution in [2.24, 2.45) is 0 Å². The molecule has 110 valence electrons. The van der Waals surface area contributed by atoms with Crippen LogP contribution in [0.3, 0.4) is 0 Å². The lowest BCUT2D eigenvalue weighted by molar-refractivity contribution is 0.102. The van der Waals surface area contributed by atoms with E-state index < -0.39 is 0 Å². The van der Waals surface area contributed by atoms with Gasteiger partial charge in [-0.1, -0.05) is 18.2 Å². The van der Waals surface area contributed by atoms with Crippen LogP contribution in [0, 0.1) is 20.8 Å². The second kappa shape index (κ2) is 6.44. The third-order valence-corrected chi connectivity index (χ3v) is 3.57. The number of hydrogen-bond acceptors (Lipinski definition) is 2. The molecule has 0 atom stereocenters. The summed E-state index contributed by atoms with van der Waals surface area (Å²) in [5, 5.41) is 6.28. The highest BCUT2D eigenvalue weighted by atomic mass is 16.1. The summed E-state index contributed by atoms with van der Waals surface area (Å²) in [4.78, 5) is 12.5. The lowest BCUT2D eigenvalue weighted by Gasteiger charge is -2.13. The van der Waals surface area contributed by atoms with Crippen molar-refractivity contribution in [3.05, 3.63) is 58.7 Å². The van der Waals surface area contributed by atoms with E-state index >= 15 is 0 Å². The third-order valence-electron chi connectivity index (χ3n) is 3.57. The van der Waals surface area contributed by atoms with Crippen LogP contribution >= 0.6 is 0 Å². The van der Waals surface area contributed by atoms with Gasteiger partial charge in [-0.25, -0.2) is 0 Å². The molecule has 3 heteroatoms. The van der Waals surface area contributed by atoms with E-state index in [0.717, 1.165) is 34.6 Å². The van der Waals surface area contributed by atoms with E-state index in [1.54, 1.807) is 0 Å². The van der Waals surface area contributed by atoms with Gasteiger partial charge in [0.2, 0.25) is 0 Å². The summed E-state index contributed by atoms with van der Waals surface area (Å²) in [6.45, 7) is 8.89. The molecule has 0 aliphatic carbocycles. The Morgan fingerprint density at radius 1 is 1.00 bits per heavy atom. The zero-order chi connectivity index (χ0) is 15.4. The smallest absolute Gasteiger partial charge is 0.255 e. The highest BCUT2D eigenvalue weighted by Gasteiger charge is 2.12. The SMILES string of the molecule is CCNc1ccc(C(=O)Nc2c(C)cccc2C)c(C)c1. The van der Waals surface area contributed by atoms with E-state index in [1.165, 1.54) is 0 Å². The van der Waals surface area contributed by atoms with Crippen molar-refractivity contribution in [3.8, 4) is 0 Å². The minimum atomic E-state index is -0.0621. The Hall–Kier alpha value is -2.29. The summed E-state index contributed by atoms with van der Waals surface area (Å²) in [5.41, 5.74) is 5.77. The molecule has 0 saturated heterocycles. The quantitative estimate of drug-likeness (QED) is 0.878. The molecule has 0 unspecified atom stereocenters. The Morgan fingerprint density at radius 3 is 2.24 bits per heavy atom. The van der Waals surface area contributed by atoms with Gasteiger partial charge in [-0.05, 0) is 62.6 Å². The molecule has 0 aromatic heterocycles. The molecule has 0 saturated carbocycles. The Bertz CT molecular complexity index is 642. The second-order valence-electron chi connectivity index (χ2n) is 5.28. The minimum absolute atomic E-state index is 0.0621. The molecule has 0 bridgehead atoms. The molecule has 1 amide bonds. The topological polar surface area (TPSA) is 41.1 Å². The maximum Gasteiger partial charge on any atom is 0.255 e. The molecule has 21 heavy (non-hydrogen) atoms. The Morgan fingerprint density at radius 2 is 1.67 bits per heavy atom. The van der Waals surface area contributed by atoms with E-state index in [9.17, 15) is 4.79 Å². The van der Waals surface area contributed by atoms with E-state index in [-0.39, 0.29) is 5.91 Å². The van der Waals surface area contributed by atoms with Gasteiger partial charge in [-0.2, -0.15) is 0 Å². The van der Waals surface area contributed by atoms with E-state index in [1.807, 2.05) is 57.2 Å². The molecular formula is C18H22N2O. The number of carbonyl (C=O) groups excluding carboxylic acids is 1. The Kier molecular flexibility index (Phi) is 4.63. The molecule has 2 aromatic carbocycles. The van der Waals surface area contributed by atoms with Crippen molar-refractivity contribution in [1.29, 1.82) is 0 Å². The van der Waals surface area contributed by atoms with Crippen LogP contribution in [-0.4, -0.2) is 12.5 Å². The van der Waals surface area contributed by atoms with Gasteiger partial charge in [-0.3, -0.25) is 4.79 Å². The normalized spacial score (nSPS) is 10.3. The molecule has 2 N–H and O–H groups in total. The standard InChI is InChI=1S/C18H22N2O/c1-5-19-15-9-10-16(14(4)11-15)18(21)20-17-12(2)7-6-8-13(17)3/h6-11,19H,5H2,1-4H3,(H,20,21). The number of amides is 1. The number of carbonyl (C=O) groups is 1. The van der Waals surface area contributed by atoms with Crippen molar-refractivity contribution < 1.29 is 4.79 Å². The molecule has 0 spiro atoms. The average Bonchev–Trinajstić information content (AvgIpc) is 2.43. The molecule has 3 nitrogen and oxygen atoms in total. The lowest BCUT2D eigenvalue weighted by atomic mass is 10.1. The summed E-state index contributed by atoms with van der Waals surface area (Å²) in [6, 6.07) is 11.8. The highest BCUT2D eigenvalue weighted by molar-refractivity contribution is 6.06. The Balaban J connectivity index is 2.25. The van der Waals surface area contributed by atoms with Gasteiger partial charge in [0, 0.05) is 23.5 Å². The first kappa shape index (κ1) is 15.1. The summed E-state index contributed by atoms with van der Waals surface area (Å²) < 4.78 is 0. The molecule has 0 radical (unpaired) electrons. The first-order valence-electron chi connectivity index (χ1n) is 7.25. The van der Waals surface area contributed by atoms with Crippen LogP contribution in [0.2, 0.25) is 0 Å². The van der Waals surface area contributed by atoms with Gasteiger partial charge in [0.15, 0.2) is 0 Å². The molecule has 0 heterocycles. The van der Waals surface area contributed by atoms with Crippen LogP contribution in [0.5, 0.6) is 0 Å². The summed E-state index contributed by atoms with van der Waals surface area (Å²) in [6.07, 6.45) is 0. The van der Waals surface area contributed by atoms with Crippen LogP contribution in [-0.2, 0) is 0 Å². The van der Waals surface area contributed by atoms with Crippen molar-refractivity contribution in [3.63, 3.8) is 0 Å². The van der Waals surface area contributed by atoms with Gasteiger partial charge in [-0.15, -0.1) is 0 Å². The number of nitrogens with one attached hydrogen (secondary N) is 2. The highest BCUT2D eigenvalue weighted by Crippen LogP contribution is 2.22. The minimum Gasteiger partial charge on any atom is -0.385 e. The zero-order valence-corrected chi connectivity index (χ0v) is 13.1. The monoisotopic (exact) mass is 282 g/mol. The van der Waals surface area contributed by atoms with Crippen LogP contribution in [0.1, 0.15) is 34.0 Å². The fourth-order valence-corrected chi connectivity index (χ4v) is 2.43. The first-order valence-corrected chi connectivity index (χ1v) is 7.25. The molecule has 0 aliphatic rings. The number of benzene rings is 2. The van der Waals surface area contributed by atoms with Gasteiger partial charge in [0.25, 0.3) is 5.91 Å². The maximum atomic E-state index is 12.5. The number of hydrogen-bond donors (Lipinski definition) is 2. The van der Waals surface area contributed by atoms with Crippen molar-refractivity contribution in [1.82, 2.24) is 0 Å². The predicted molar refractivity (Wildman–Crippen MR) is 89.2 cm³/mol. The largest absolute Gasteiger partial charge is 0.385 e. The van der Waals surface area contributed by atoms with Gasteiger partial charge in [0.05, 0.1) is 0 Å². The fourth-order valence-electron chi connectivity index (χ4n) is 2.43. The molecule has 2 aromatic rings. The third kappa shape index (κ3) is 3.43. The predicted octanol–water partition coefficient (Wildman–Crippen LogP) is 4.30. The fraction of sp³-hybridized carbons (Fsp3) is 0.278. The summed E-state index contributed by atoms with van der Waals surface area (Å²) >= 11 is 0. The van der Waals surface area contributed by atoms with Crippen molar-refractivity contribution >= 4 is 17.3 Å². The maximum absolute atomic E-state index is 12.5. The van der Waals surface area contributed by atoms with Crippen LogP contribution in [0.15, 0.2) is 36.4 Å². The van der Waals surface area contributed by atoms with E-state index in [0.29, 0.717) is 5.56 Å². The van der Waals surface area contributed by atoms with Gasteiger partial charge >= 0.3 is 0 Å². The molecule has 2 rings (SSSR count). The van der Waals surface area contributed by atoms with Crippen LogP contribution in [0.4, 0.5) is 11.4 Å². The number of rotatable bonds is 4. The van der Waals surface area contributed by atoms with Crippen LogP contribution < -0.4 is 10.6 Å². The molecular weight excluding hydrogens is 260 g/mol.